The summed E-state index contributed by atoms with van der Waals surface area (Å²) in [6, 6.07) is 19.2. The summed E-state index contributed by atoms with van der Waals surface area (Å²) >= 11 is 5.28. The fourth-order valence-corrected chi connectivity index (χ4v) is 3.82. The predicted octanol–water partition coefficient (Wildman–Crippen LogP) is 5.07. The quantitative estimate of drug-likeness (QED) is 0.426. The maximum Gasteiger partial charge on any atom is 0.275 e. The third-order valence-electron chi connectivity index (χ3n) is 3.49. The van der Waals surface area contributed by atoms with Gasteiger partial charge < -0.3 is 0 Å². The first-order chi connectivity index (χ1) is 9.83. The lowest BCUT2D eigenvalue weighted by Crippen LogP contribution is -2.20. The van der Waals surface area contributed by atoms with E-state index in [1.54, 1.807) is 11.3 Å². The largest absolute Gasteiger partial charge is 0.275 e. The van der Waals surface area contributed by atoms with E-state index in [9.17, 15) is 0 Å². The van der Waals surface area contributed by atoms with Gasteiger partial charge in [0.1, 0.15) is 0 Å². The second kappa shape index (κ2) is 4.69. The van der Waals surface area contributed by atoms with Crippen LogP contribution >= 0.6 is 27.3 Å². The summed E-state index contributed by atoms with van der Waals surface area (Å²) in [5.41, 5.74) is 2.47. The molecule has 0 aliphatic rings. The summed E-state index contributed by atoms with van der Waals surface area (Å²) in [6.45, 7) is 0. The molecule has 0 N–H and O–H groups in total. The average molecular weight is 341 g/mol. The van der Waals surface area contributed by atoms with Crippen molar-refractivity contribution < 1.29 is 4.40 Å². The van der Waals surface area contributed by atoms with E-state index >= 15 is 0 Å². The van der Waals surface area contributed by atoms with Crippen molar-refractivity contribution in [3.63, 3.8) is 0 Å². The Kier molecular flexibility index (Phi) is 2.83. The highest BCUT2D eigenvalue weighted by molar-refractivity contribution is 9.10. The fraction of sp³-hybridized carbons (Fsp3) is 0. The molecule has 0 spiro atoms. The number of benzene rings is 2. The molecule has 4 rings (SSSR count). The zero-order valence-corrected chi connectivity index (χ0v) is 13.0. The summed E-state index contributed by atoms with van der Waals surface area (Å²) < 4.78 is 3.38. The van der Waals surface area contributed by atoms with Crippen molar-refractivity contribution in [2.75, 3.05) is 0 Å². The summed E-state index contributed by atoms with van der Waals surface area (Å²) in [7, 11) is 0. The topological polar surface area (TPSA) is 4.10 Å². The molecule has 0 unspecified atom stereocenters. The molecule has 2 heterocycles. The molecular formula is C17H11BrNS+. The highest BCUT2D eigenvalue weighted by Gasteiger charge is 2.17. The molecule has 0 bridgehead atoms. The molecule has 2 aromatic carbocycles. The van der Waals surface area contributed by atoms with E-state index in [1.165, 1.54) is 26.9 Å². The van der Waals surface area contributed by atoms with Gasteiger partial charge in [-0.3, -0.25) is 0 Å². The van der Waals surface area contributed by atoms with Gasteiger partial charge in [-0.05, 0) is 35.7 Å². The van der Waals surface area contributed by atoms with Crippen LogP contribution in [0, 0.1) is 0 Å². The van der Waals surface area contributed by atoms with Crippen molar-refractivity contribution in [3.8, 4) is 11.3 Å². The highest BCUT2D eigenvalue weighted by Crippen LogP contribution is 2.26. The van der Waals surface area contributed by atoms with Crippen LogP contribution in [-0.4, -0.2) is 0 Å². The van der Waals surface area contributed by atoms with Crippen molar-refractivity contribution >= 4 is 42.9 Å². The zero-order chi connectivity index (χ0) is 13.5. The summed E-state index contributed by atoms with van der Waals surface area (Å²) in [5, 5.41) is 4.82. The minimum absolute atomic E-state index is 1.11. The van der Waals surface area contributed by atoms with Crippen molar-refractivity contribution in [3.05, 3.63) is 70.6 Å². The highest BCUT2D eigenvalue weighted by atomic mass is 79.9. The number of aromatic nitrogens is 1. The SMILES string of the molecule is Brc1ccc(-c2csc3c4ccccc4cc[n+]23)cc1. The molecule has 3 heteroatoms. The number of rotatable bonds is 1. The average Bonchev–Trinajstić information content (AvgIpc) is 2.92. The molecule has 0 aliphatic heterocycles. The molecule has 2 aromatic heterocycles. The Labute approximate surface area is 129 Å². The molecule has 0 radical (unpaired) electrons. The number of thiazole rings is 1. The summed E-state index contributed by atoms with van der Waals surface area (Å²) in [5.74, 6) is 0. The molecule has 1 nitrogen and oxygen atoms in total. The van der Waals surface area contributed by atoms with Gasteiger partial charge in [0.05, 0.1) is 10.8 Å². The van der Waals surface area contributed by atoms with Crippen LogP contribution in [0.15, 0.2) is 70.6 Å². The lowest BCUT2D eigenvalue weighted by atomic mass is 10.1. The van der Waals surface area contributed by atoms with E-state index in [2.05, 4.69) is 86.5 Å². The normalized spacial score (nSPS) is 11.2. The van der Waals surface area contributed by atoms with E-state index in [-0.39, 0.29) is 0 Å². The van der Waals surface area contributed by atoms with Gasteiger partial charge >= 0.3 is 0 Å². The number of halogens is 1. The molecule has 0 saturated carbocycles. The van der Waals surface area contributed by atoms with E-state index in [4.69, 9.17) is 0 Å². The van der Waals surface area contributed by atoms with Gasteiger partial charge in [0.2, 0.25) is 5.69 Å². The van der Waals surface area contributed by atoms with Gasteiger partial charge in [0.25, 0.3) is 4.83 Å². The Balaban J connectivity index is 2.02. The van der Waals surface area contributed by atoms with Crippen molar-refractivity contribution in [1.82, 2.24) is 0 Å². The summed E-state index contributed by atoms with van der Waals surface area (Å²) in [6.07, 6.45) is 2.16. The van der Waals surface area contributed by atoms with Crippen molar-refractivity contribution in [2.24, 2.45) is 0 Å². The van der Waals surface area contributed by atoms with Gasteiger partial charge in [-0.1, -0.05) is 45.5 Å². The lowest BCUT2D eigenvalue weighted by Gasteiger charge is -1.97. The smallest absolute Gasteiger partial charge is 0.150 e. The van der Waals surface area contributed by atoms with Crippen molar-refractivity contribution in [1.29, 1.82) is 0 Å². The Morgan fingerprint density at radius 1 is 0.900 bits per heavy atom. The molecule has 20 heavy (non-hydrogen) atoms. The van der Waals surface area contributed by atoms with Crippen LogP contribution in [0.2, 0.25) is 0 Å². The number of hydrogen-bond acceptors (Lipinski definition) is 1. The first-order valence-electron chi connectivity index (χ1n) is 6.39. The molecule has 96 valence electrons. The second-order valence-electron chi connectivity index (χ2n) is 4.71. The monoisotopic (exact) mass is 340 g/mol. The van der Waals surface area contributed by atoms with Crippen LogP contribution < -0.4 is 4.40 Å². The van der Waals surface area contributed by atoms with E-state index in [0.717, 1.165) is 4.47 Å². The first kappa shape index (κ1) is 12.1. The van der Waals surface area contributed by atoms with Crippen LogP contribution in [0.3, 0.4) is 0 Å². The number of hydrogen-bond donors (Lipinski definition) is 0. The van der Waals surface area contributed by atoms with Crippen LogP contribution in [-0.2, 0) is 0 Å². The van der Waals surface area contributed by atoms with Crippen molar-refractivity contribution in [2.45, 2.75) is 0 Å². The molecule has 4 aromatic rings. The minimum atomic E-state index is 1.11. The molecule has 0 atom stereocenters. The van der Waals surface area contributed by atoms with Crippen LogP contribution in [0.4, 0.5) is 0 Å². The van der Waals surface area contributed by atoms with Crippen LogP contribution in [0.1, 0.15) is 0 Å². The Hall–Kier alpha value is -1.71. The van der Waals surface area contributed by atoms with Gasteiger partial charge in [-0.15, -0.1) is 4.40 Å². The zero-order valence-electron chi connectivity index (χ0n) is 10.6. The second-order valence-corrected chi connectivity index (χ2v) is 6.48. The summed E-state index contributed by atoms with van der Waals surface area (Å²) in [4.78, 5) is 1.29. The van der Waals surface area contributed by atoms with Gasteiger partial charge in [0.15, 0.2) is 6.20 Å². The maximum absolute atomic E-state index is 3.49. The van der Waals surface area contributed by atoms with E-state index < -0.39 is 0 Å². The third-order valence-corrected chi connectivity index (χ3v) is 5.00. The third kappa shape index (κ3) is 1.86. The Bertz CT molecular complexity index is 909. The number of fused-ring (bicyclic) bond motifs is 3. The first-order valence-corrected chi connectivity index (χ1v) is 8.07. The predicted molar refractivity (Wildman–Crippen MR) is 88.1 cm³/mol. The maximum atomic E-state index is 3.49. The Morgan fingerprint density at radius 2 is 1.70 bits per heavy atom. The van der Waals surface area contributed by atoms with Gasteiger partial charge in [-0.2, -0.15) is 0 Å². The number of pyridine rings is 1. The molecule has 0 fully saturated rings. The Morgan fingerprint density at radius 3 is 2.55 bits per heavy atom. The lowest BCUT2D eigenvalue weighted by molar-refractivity contribution is -0.493. The molecule has 0 aliphatic carbocycles. The molecular weight excluding hydrogens is 330 g/mol. The molecule has 0 amide bonds. The van der Waals surface area contributed by atoms with Gasteiger partial charge in [0, 0.05) is 16.1 Å². The van der Waals surface area contributed by atoms with E-state index in [1.807, 2.05) is 0 Å². The molecule has 0 saturated heterocycles. The van der Waals surface area contributed by atoms with Gasteiger partial charge in [-0.25, -0.2) is 0 Å². The van der Waals surface area contributed by atoms with Crippen LogP contribution in [0.25, 0.3) is 26.9 Å². The number of nitrogens with zero attached hydrogens (tertiary/aromatic N) is 1. The van der Waals surface area contributed by atoms with E-state index in [0.29, 0.717) is 0 Å². The van der Waals surface area contributed by atoms with Crippen LogP contribution in [0.5, 0.6) is 0 Å². The minimum Gasteiger partial charge on any atom is -0.150 e. The standard InChI is InChI=1S/C17H11BrNS/c18-14-7-5-13(6-8-14)16-11-20-17-15-4-2-1-3-12(15)9-10-19(16)17/h1-11H/q+1. The fourth-order valence-electron chi connectivity index (χ4n) is 2.50.